The van der Waals surface area contributed by atoms with Gasteiger partial charge in [0.05, 0.1) is 0 Å². The third-order valence-corrected chi connectivity index (χ3v) is 4.28. The zero-order valence-corrected chi connectivity index (χ0v) is 14.8. The molecule has 2 aromatic rings. The monoisotopic (exact) mass is 356 g/mol. The molecule has 0 fully saturated rings. The van der Waals surface area contributed by atoms with E-state index in [1.807, 2.05) is 30.3 Å². The molecule has 128 valence electrons. The van der Waals surface area contributed by atoms with Gasteiger partial charge in [-0.3, -0.25) is 4.79 Å². The summed E-state index contributed by atoms with van der Waals surface area (Å²) in [5.74, 6) is 0.0346. The Labute approximate surface area is 150 Å². The number of rotatable bonds is 3. The Balaban J connectivity index is 2.31. The van der Waals surface area contributed by atoms with Gasteiger partial charge in [0.15, 0.2) is 0 Å². The fraction of sp³-hybridized carbons (Fsp3) is 0.200. The lowest BCUT2D eigenvalue weighted by atomic mass is 9.90. The number of fused-ring (bicyclic) bond motifs is 2. The zero-order chi connectivity index (χ0) is 18.1. The molecule has 0 radical (unpaired) electrons. The summed E-state index contributed by atoms with van der Waals surface area (Å²) < 4.78 is 11.1. The first-order valence-electron chi connectivity index (χ1n) is 7.85. The van der Waals surface area contributed by atoms with Crippen LogP contribution in [0.25, 0.3) is 10.8 Å². The van der Waals surface area contributed by atoms with Crippen molar-refractivity contribution in [2.45, 2.75) is 26.7 Å². The Morgan fingerprint density at radius 1 is 1.04 bits per heavy atom. The van der Waals surface area contributed by atoms with Crippen LogP contribution >= 0.6 is 11.6 Å². The number of allylic oxidation sites excluding steroid dienone is 2. The number of hydrogen-bond donors (Lipinski definition) is 0. The normalized spacial score (nSPS) is 13.0. The molecule has 5 heteroatoms. The number of hydrogen-bond acceptors (Lipinski definition) is 4. The summed E-state index contributed by atoms with van der Waals surface area (Å²) in [7, 11) is 0. The molecule has 0 spiro atoms. The maximum atomic E-state index is 12.1. The smallest absolute Gasteiger partial charge is 0.338 e. The predicted molar refractivity (Wildman–Crippen MR) is 97.1 cm³/mol. The van der Waals surface area contributed by atoms with E-state index in [9.17, 15) is 9.59 Å². The lowest BCUT2D eigenvalue weighted by molar-refractivity contribution is -0.132. The van der Waals surface area contributed by atoms with Crippen LogP contribution in [-0.2, 0) is 22.4 Å². The van der Waals surface area contributed by atoms with E-state index in [0.29, 0.717) is 45.7 Å². The molecule has 0 N–H and O–H groups in total. The minimum absolute atomic E-state index is 0.305. The molecule has 0 aromatic heterocycles. The van der Waals surface area contributed by atoms with Gasteiger partial charge in [0, 0.05) is 45.8 Å². The second-order valence-corrected chi connectivity index (χ2v) is 6.44. The molecule has 0 heterocycles. The van der Waals surface area contributed by atoms with Crippen LogP contribution in [0.1, 0.15) is 25.0 Å². The minimum Gasteiger partial charge on any atom is -0.426 e. The molecular weight excluding hydrogens is 340 g/mol. The van der Waals surface area contributed by atoms with Gasteiger partial charge in [0.25, 0.3) is 0 Å². The van der Waals surface area contributed by atoms with Crippen molar-refractivity contribution in [1.82, 2.24) is 0 Å². The molecule has 3 rings (SSSR count). The van der Waals surface area contributed by atoms with E-state index < -0.39 is 11.9 Å². The Kier molecular flexibility index (Phi) is 4.64. The molecular formula is C20H17ClO4. The topological polar surface area (TPSA) is 52.6 Å². The molecule has 0 unspecified atom stereocenters. The van der Waals surface area contributed by atoms with Crippen molar-refractivity contribution in [3.8, 4) is 11.5 Å². The van der Waals surface area contributed by atoms with Crippen LogP contribution in [0, 0.1) is 0 Å². The largest absolute Gasteiger partial charge is 0.426 e. The predicted octanol–water partition coefficient (Wildman–Crippen LogP) is 4.47. The number of halogens is 1. The number of carbonyl (C=O) groups is 2. The van der Waals surface area contributed by atoms with Gasteiger partial charge in [-0.2, -0.15) is 0 Å². The van der Waals surface area contributed by atoms with Crippen molar-refractivity contribution in [3.63, 3.8) is 0 Å². The summed E-state index contributed by atoms with van der Waals surface area (Å²) in [4.78, 5) is 23.7. The summed E-state index contributed by atoms with van der Waals surface area (Å²) in [6.45, 7) is 6.59. The van der Waals surface area contributed by atoms with Crippen molar-refractivity contribution in [1.29, 1.82) is 0 Å². The van der Waals surface area contributed by atoms with Crippen molar-refractivity contribution < 1.29 is 19.1 Å². The van der Waals surface area contributed by atoms with Gasteiger partial charge in [0.1, 0.15) is 11.5 Å². The van der Waals surface area contributed by atoms with E-state index >= 15 is 0 Å². The van der Waals surface area contributed by atoms with Crippen LogP contribution in [0.4, 0.5) is 0 Å². The fourth-order valence-electron chi connectivity index (χ4n) is 2.89. The second-order valence-electron chi connectivity index (χ2n) is 5.96. The van der Waals surface area contributed by atoms with Crippen LogP contribution in [0.15, 0.2) is 47.5 Å². The number of carbonyl (C=O) groups excluding carboxylic acids is 2. The molecule has 1 aliphatic carbocycles. The van der Waals surface area contributed by atoms with E-state index in [0.717, 1.165) is 11.1 Å². The summed E-state index contributed by atoms with van der Waals surface area (Å²) in [6, 6.07) is 7.35. The van der Waals surface area contributed by atoms with Gasteiger partial charge < -0.3 is 9.47 Å². The highest BCUT2D eigenvalue weighted by atomic mass is 35.5. The van der Waals surface area contributed by atoms with E-state index in [1.54, 1.807) is 6.92 Å². The van der Waals surface area contributed by atoms with Crippen LogP contribution in [0.5, 0.6) is 11.5 Å². The maximum Gasteiger partial charge on any atom is 0.338 e. The summed E-state index contributed by atoms with van der Waals surface area (Å²) in [5.41, 5.74) is 1.87. The van der Waals surface area contributed by atoms with Gasteiger partial charge in [-0.05, 0) is 13.3 Å². The molecule has 0 saturated heterocycles. The first-order chi connectivity index (χ1) is 11.9. The van der Waals surface area contributed by atoms with Crippen LogP contribution in [0.3, 0.4) is 0 Å². The fourth-order valence-corrected chi connectivity index (χ4v) is 3.10. The van der Waals surface area contributed by atoms with Crippen LogP contribution < -0.4 is 9.47 Å². The van der Waals surface area contributed by atoms with E-state index in [2.05, 4.69) is 6.58 Å². The van der Waals surface area contributed by atoms with Crippen molar-refractivity contribution in [2.75, 3.05) is 0 Å². The SMILES string of the molecule is C=C(C)C(=O)Oc1c2c(c(OC(C)=O)c3ccccc13)CC=C(Cl)C2. The standard InChI is InChI=1S/C20H17ClO4/c1-11(2)20(23)25-19-15-7-5-4-6-14(15)18(24-12(3)22)16-9-8-13(21)10-17(16)19/h4-8H,1,9-10H2,2-3H3. The average Bonchev–Trinajstić information content (AvgIpc) is 2.57. The van der Waals surface area contributed by atoms with Crippen molar-refractivity contribution in [2.24, 2.45) is 0 Å². The molecule has 2 aromatic carbocycles. The molecule has 4 nitrogen and oxygen atoms in total. The number of esters is 2. The van der Waals surface area contributed by atoms with E-state index in [4.69, 9.17) is 21.1 Å². The first-order valence-corrected chi connectivity index (χ1v) is 8.23. The quantitative estimate of drug-likeness (QED) is 0.462. The molecule has 0 saturated carbocycles. The van der Waals surface area contributed by atoms with Gasteiger partial charge in [-0.25, -0.2) is 4.79 Å². The molecule has 0 atom stereocenters. The number of ether oxygens (including phenoxy) is 2. The lowest BCUT2D eigenvalue weighted by Gasteiger charge is -2.23. The average molecular weight is 357 g/mol. The molecule has 0 amide bonds. The van der Waals surface area contributed by atoms with E-state index in [-0.39, 0.29) is 0 Å². The molecule has 0 bridgehead atoms. The summed E-state index contributed by atoms with van der Waals surface area (Å²) >= 11 is 6.22. The Morgan fingerprint density at radius 3 is 2.20 bits per heavy atom. The third kappa shape index (κ3) is 3.30. The third-order valence-electron chi connectivity index (χ3n) is 3.99. The zero-order valence-electron chi connectivity index (χ0n) is 14.0. The highest BCUT2D eigenvalue weighted by Gasteiger charge is 2.26. The van der Waals surface area contributed by atoms with Crippen LogP contribution in [0.2, 0.25) is 0 Å². The van der Waals surface area contributed by atoms with Gasteiger partial charge >= 0.3 is 11.9 Å². The van der Waals surface area contributed by atoms with Gasteiger partial charge in [-0.1, -0.05) is 48.5 Å². The van der Waals surface area contributed by atoms with Crippen molar-refractivity contribution in [3.05, 3.63) is 58.7 Å². The lowest BCUT2D eigenvalue weighted by Crippen LogP contribution is -2.14. The van der Waals surface area contributed by atoms with E-state index in [1.165, 1.54) is 6.92 Å². The first kappa shape index (κ1) is 17.2. The minimum atomic E-state index is -0.502. The molecule has 0 aliphatic heterocycles. The Bertz CT molecular complexity index is 940. The summed E-state index contributed by atoms with van der Waals surface area (Å²) in [5, 5.41) is 2.06. The maximum absolute atomic E-state index is 12.1. The molecule has 25 heavy (non-hydrogen) atoms. The highest BCUT2D eigenvalue weighted by Crippen LogP contribution is 2.44. The van der Waals surface area contributed by atoms with Gasteiger partial charge in [0.2, 0.25) is 0 Å². The van der Waals surface area contributed by atoms with Crippen molar-refractivity contribution >= 4 is 34.3 Å². The number of benzene rings is 2. The van der Waals surface area contributed by atoms with Gasteiger partial charge in [-0.15, -0.1) is 0 Å². The van der Waals surface area contributed by atoms with Crippen LogP contribution in [-0.4, -0.2) is 11.9 Å². The molecule has 1 aliphatic rings. The Hall–Kier alpha value is -2.59. The second kappa shape index (κ2) is 6.73. The summed E-state index contributed by atoms with van der Waals surface area (Å²) in [6.07, 6.45) is 2.78. The Morgan fingerprint density at radius 2 is 1.64 bits per heavy atom. The highest BCUT2D eigenvalue weighted by molar-refractivity contribution is 6.30.